The monoisotopic (exact) mass is 162 g/mol. The molecular weight excluding hydrogens is 152 g/mol. The highest BCUT2D eigenvalue weighted by atomic mass is 16.7. The van der Waals surface area contributed by atoms with Crippen molar-refractivity contribution in [3.05, 3.63) is 42.5 Å². The summed E-state index contributed by atoms with van der Waals surface area (Å²) in [5.74, 6) is 0.897. The van der Waals surface area contributed by atoms with Gasteiger partial charge in [-0.15, -0.1) is 0 Å². The summed E-state index contributed by atoms with van der Waals surface area (Å²) >= 11 is 0. The van der Waals surface area contributed by atoms with Crippen molar-refractivity contribution in [1.29, 1.82) is 0 Å². The minimum Gasteiger partial charge on any atom is -0.461 e. The average molecular weight is 162 g/mol. The zero-order valence-electron chi connectivity index (χ0n) is 6.69. The highest BCUT2D eigenvalue weighted by Crippen LogP contribution is 2.25. The molecule has 0 radical (unpaired) electrons. The van der Waals surface area contributed by atoms with Gasteiger partial charge in [-0.25, -0.2) is 0 Å². The van der Waals surface area contributed by atoms with Crippen LogP contribution >= 0.6 is 0 Å². The highest BCUT2D eigenvalue weighted by molar-refractivity contribution is 5.33. The Morgan fingerprint density at radius 2 is 2.25 bits per heavy atom. The fourth-order valence-corrected chi connectivity index (χ4v) is 1.19. The molecule has 1 aliphatic heterocycles. The lowest BCUT2D eigenvalue weighted by atomic mass is 10.2. The van der Waals surface area contributed by atoms with Crippen molar-refractivity contribution >= 4 is 0 Å². The summed E-state index contributed by atoms with van der Waals surface area (Å²) in [6.07, 6.45) is 1.36. The van der Waals surface area contributed by atoms with Gasteiger partial charge in [-0.05, 0) is 12.1 Å². The molecule has 0 saturated carbocycles. The lowest BCUT2D eigenvalue weighted by Gasteiger charge is -2.23. The maximum Gasteiger partial charge on any atom is 0.219 e. The van der Waals surface area contributed by atoms with Crippen LogP contribution in [0.15, 0.2) is 36.9 Å². The lowest BCUT2D eigenvalue weighted by molar-refractivity contribution is -0.0746. The van der Waals surface area contributed by atoms with E-state index in [1.165, 1.54) is 0 Å². The lowest BCUT2D eigenvalue weighted by Crippen LogP contribution is -2.22. The van der Waals surface area contributed by atoms with Crippen molar-refractivity contribution < 1.29 is 9.47 Å². The van der Waals surface area contributed by atoms with Gasteiger partial charge >= 0.3 is 0 Å². The number of rotatable bonds is 1. The number of benzene rings is 1. The molecule has 1 aromatic rings. The molecule has 2 nitrogen and oxygen atoms in total. The summed E-state index contributed by atoms with van der Waals surface area (Å²) in [4.78, 5) is 0. The fourth-order valence-electron chi connectivity index (χ4n) is 1.19. The number of ether oxygens (including phenoxy) is 2. The van der Waals surface area contributed by atoms with E-state index >= 15 is 0 Å². The molecule has 0 spiro atoms. The molecule has 62 valence electrons. The standard InChI is InChI=1S/C10H10O2/c1-2-10-11-7-8-5-3-4-6-9(8)12-10/h2-6,10H,1,7H2. The van der Waals surface area contributed by atoms with Gasteiger partial charge in [-0.3, -0.25) is 0 Å². The molecule has 0 amide bonds. The van der Waals surface area contributed by atoms with Crippen LogP contribution in [0.1, 0.15) is 5.56 Å². The van der Waals surface area contributed by atoms with E-state index in [1.54, 1.807) is 6.08 Å². The molecule has 1 aliphatic rings. The van der Waals surface area contributed by atoms with Gasteiger partial charge in [0.15, 0.2) is 0 Å². The molecular formula is C10H10O2. The van der Waals surface area contributed by atoms with Crippen LogP contribution in [0.4, 0.5) is 0 Å². The molecule has 1 aromatic carbocycles. The second-order valence-corrected chi connectivity index (χ2v) is 2.64. The van der Waals surface area contributed by atoms with Crippen LogP contribution in [0.3, 0.4) is 0 Å². The minimum atomic E-state index is -0.292. The van der Waals surface area contributed by atoms with Crippen molar-refractivity contribution in [3.63, 3.8) is 0 Å². The van der Waals surface area contributed by atoms with Crippen molar-refractivity contribution in [2.45, 2.75) is 12.9 Å². The Morgan fingerprint density at radius 3 is 3.08 bits per heavy atom. The largest absolute Gasteiger partial charge is 0.461 e. The molecule has 0 aromatic heterocycles. The van der Waals surface area contributed by atoms with Gasteiger partial charge < -0.3 is 9.47 Å². The molecule has 1 unspecified atom stereocenters. The fraction of sp³-hybridized carbons (Fsp3) is 0.200. The zero-order chi connectivity index (χ0) is 8.39. The van der Waals surface area contributed by atoms with Crippen LogP contribution in [-0.4, -0.2) is 6.29 Å². The van der Waals surface area contributed by atoms with Gasteiger partial charge in [-0.1, -0.05) is 24.8 Å². The predicted octanol–water partition coefficient (Wildman–Crippen LogP) is 2.11. The predicted molar refractivity (Wildman–Crippen MR) is 45.8 cm³/mol. The Hall–Kier alpha value is -1.28. The summed E-state index contributed by atoms with van der Waals surface area (Å²) in [5.41, 5.74) is 1.09. The molecule has 0 fully saturated rings. The van der Waals surface area contributed by atoms with Gasteiger partial charge in [0.2, 0.25) is 6.29 Å². The molecule has 2 rings (SSSR count). The van der Waals surface area contributed by atoms with E-state index in [0.717, 1.165) is 11.3 Å². The third-order valence-electron chi connectivity index (χ3n) is 1.81. The molecule has 2 heteroatoms. The molecule has 0 N–H and O–H groups in total. The van der Waals surface area contributed by atoms with Crippen molar-refractivity contribution in [3.8, 4) is 5.75 Å². The molecule has 0 bridgehead atoms. The third kappa shape index (κ3) is 1.21. The molecule has 0 aliphatic carbocycles. The smallest absolute Gasteiger partial charge is 0.219 e. The summed E-state index contributed by atoms with van der Waals surface area (Å²) in [7, 11) is 0. The first-order valence-corrected chi connectivity index (χ1v) is 3.89. The van der Waals surface area contributed by atoms with Crippen LogP contribution in [-0.2, 0) is 11.3 Å². The van der Waals surface area contributed by atoms with E-state index in [2.05, 4.69) is 6.58 Å². The first kappa shape index (κ1) is 7.37. The first-order valence-electron chi connectivity index (χ1n) is 3.89. The van der Waals surface area contributed by atoms with E-state index in [4.69, 9.17) is 9.47 Å². The van der Waals surface area contributed by atoms with Crippen molar-refractivity contribution in [2.75, 3.05) is 0 Å². The second-order valence-electron chi connectivity index (χ2n) is 2.64. The SMILES string of the molecule is C=CC1OCc2ccccc2O1. The normalized spacial score (nSPS) is 20.8. The summed E-state index contributed by atoms with van der Waals surface area (Å²) < 4.78 is 10.8. The van der Waals surface area contributed by atoms with Crippen LogP contribution in [0.2, 0.25) is 0 Å². The Morgan fingerprint density at radius 1 is 1.42 bits per heavy atom. The number of hydrogen-bond donors (Lipinski definition) is 0. The first-order chi connectivity index (χ1) is 5.90. The molecule has 1 atom stereocenters. The molecule has 1 heterocycles. The Bertz CT molecular complexity index is 294. The Balaban J connectivity index is 2.28. The summed E-state index contributed by atoms with van der Waals surface area (Å²) in [6.45, 7) is 4.21. The maximum absolute atomic E-state index is 5.44. The van der Waals surface area contributed by atoms with E-state index in [0.29, 0.717) is 6.61 Å². The van der Waals surface area contributed by atoms with E-state index in [9.17, 15) is 0 Å². The van der Waals surface area contributed by atoms with E-state index < -0.39 is 0 Å². The van der Waals surface area contributed by atoms with Crippen LogP contribution in [0.5, 0.6) is 5.75 Å². The van der Waals surface area contributed by atoms with Crippen LogP contribution in [0, 0.1) is 0 Å². The minimum absolute atomic E-state index is 0.292. The van der Waals surface area contributed by atoms with Gasteiger partial charge in [0.05, 0.1) is 6.61 Å². The van der Waals surface area contributed by atoms with E-state index in [1.807, 2.05) is 24.3 Å². The van der Waals surface area contributed by atoms with Crippen LogP contribution in [0.25, 0.3) is 0 Å². The number of para-hydroxylation sites is 1. The summed E-state index contributed by atoms with van der Waals surface area (Å²) in [6, 6.07) is 7.85. The third-order valence-corrected chi connectivity index (χ3v) is 1.81. The Kier molecular flexibility index (Phi) is 1.84. The topological polar surface area (TPSA) is 18.5 Å². The van der Waals surface area contributed by atoms with Gasteiger partial charge in [-0.2, -0.15) is 0 Å². The number of hydrogen-bond acceptors (Lipinski definition) is 2. The van der Waals surface area contributed by atoms with E-state index in [-0.39, 0.29) is 6.29 Å². The second kappa shape index (κ2) is 2.99. The molecule has 12 heavy (non-hydrogen) atoms. The van der Waals surface area contributed by atoms with Gasteiger partial charge in [0, 0.05) is 5.56 Å². The van der Waals surface area contributed by atoms with Gasteiger partial charge in [0.1, 0.15) is 5.75 Å². The Labute approximate surface area is 71.4 Å². The quantitative estimate of drug-likeness (QED) is 0.589. The maximum atomic E-state index is 5.44. The number of fused-ring (bicyclic) bond motifs is 1. The highest BCUT2D eigenvalue weighted by Gasteiger charge is 2.15. The molecule has 0 saturated heterocycles. The zero-order valence-corrected chi connectivity index (χ0v) is 6.69. The van der Waals surface area contributed by atoms with Gasteiger partial charge in [0.25, 0.3) is 0 Å². The van der Waals surface area contributed by atoms with Crippen LogP contribution < -0.4 is 4.74 Å². The summed E-state index contributed by atoms with van der Waals surface area (Å²) in [5, 5.41) is 0. The van der Waals surface area contributed by atoms with Crippen molar-refractivity contribution in [2.24, 2.45) is 0 Å². The van der Waals surface area contributed by atoms with Crippen molar-refractivity contribution in [1.82, 2.24) is 0 Å². The average Bonchev–Trinajstić information content (AvgIpc) is 2.17.